The molecule has 0 aliphatic heterocycles. The molecule has 1 aromatic heterocycles. The minimum Gasteiger partial charge on any atom is -0.398 e. The molecule has 0 aliphatic rings. The molecule has 0 amide bonds. The lowest BCUT2D eigenvalue weighted by Gasteiger charge is -2.17. The van der Waals surface area contributed by atoms with Crippen LogP contribution in [0.15, 0.2) is 35.5 Å². The lowest BCUT2D eigenvalue weighted by Crippen LogP contribution is -2.27. The third kappa shape index (κ3) is 2.77. The maximum Gasteiger partial charge on any atom is 0.245 e. The highest BCUT2D eigenvalue weighted by Crippen LogP contribution is 2.23. The lowest BCUT2D eigenvalue weighted by atomic mass is 10.2. The van der Waals surface area contributed by atoms with E-state index in [1.807, 2.05) is 6.92 Å². The highest BCUT2D eigenvalue weighted by Gasteiger charge is 2.23. The van der Waals surface area contributed by atoms with E-state index in [-0.39, 0.29) is 17.1 Å². The number of nitrogen functional groups attached to an aromatic ring is 1. The molecule has 19 heavy (non-hydrogen) atoms. The summed E-state index contributed by atoms with van der Waals surface area (Å²) >= 11 is 0. The number of aromatic nitrogens is 2. The number of hydrogen-bond donors (Lipinski definition) is 2. The van der Waals surface area contributed by atoms with Crippen LogP contribution in [0.3, 0.4) is 0 Å². The first-order valence-corrected chi connectivity index (χ1v) is 7.15. The monoisotopic (exact) mass is 280 g/mol. The van der Waals surface area contributed by atoms with Crippen LogP contribution < -0.4 is 5.73 Å². The van der Waals surface area contributed by atoms with Gasteiger partial charge in [-0.1, -0.05) is 6.07 Å². The first-order valence-electron chi connectivity index (χ1n) is 5.71. The van der Waals surface area contributed by atoms with E-state index in [2.05, 4.69) is 10.2 Å². The Balaban J connectivity index is 2.31. The first kappa shape index (κ1) is 13.6. The Kier molecular flexibility index (Phi) is 3.59. The van der Waals surface area contributed by atoms with E-state index >= 15 is 0 Å². The molecule has 0 bridgehead atoms. The summed E-state index contributed by atoms with van der Waals surface area (Å²) in [5, 5.41) is 6.44. The molecule has 102 valence electrons. The van der Waals surface area contributed by atoms with Crippen molar-refractivity contribution in [3.05, 3.63) is 41.7 Å². The molecular weight excluding hydrogens is 264 g/mol. The number of H-pyrrole nitrogens is 1. The predicted octanol–water partition coefficient (Wildman–Crippen LogP) is 1.12. The summed E-state index contributed by atoms with van der Waals surface area (Å²) in [6.45, 7) is 2.11. The second-order valence-corrected chi connectivity index (χ2v) is 6.42. The van der Waals surface area contributed by atoms with E-state index in [1.165, 1.54) is 17.4 Å². The molecule has 1 heterocycles. The van der Waals surface area contributed by atoms with Gasteiger partial charge < -0.3 is 5.73 Å². The van der Waals surface area contributed by atoms with E-state index in [4.69, 9.17) is 5.73 Å². The van der Waals surface area contributed by atoms with Crippen LogP contribution in [-0.4, -0.2) is 30.0 Å². The Morgan fingerprint density at radius 2 is 2.16 bits per heavy atom. The zero-order valence-electron chi connectivity index (χ0n) is 10.8. The number of rotatable bonds is 4. The number of hydrogen-bond acceptors (Lipinski definition) is 4. The van der Waals surface area contributed by atoms with Crippen LogP contribution in [0.4, 0.5) is 5.69 Å². The van der Waals surface area contributed by atoms with Crippen LogP contribution in [-0.2, 0) is 16.6 Å². The van der Waals surface area contributed by atoms with E-state index in [9.17, 15) is 8.42 Å². The summed E-state index contributed by atoms with van der Waals surface area (Å²) in [6.07, 6.45) is 3.25. The van der Waals surface area contributed by atoms with E-state index in [0.29, 0.717) is 0 Å². The fraction of sp³-hybridized carbons (Fsp3) is 0.250. The molecule has 0 aliphatic carbocycles. The van der Waals surface area contributed by atoms with E-state index in [0.717, 1.165) is 11.1 Å². The van der Waals surface area contributed by atoms with Gasteiger partial charge in [0.2, 0.25) is 10.0 Å². The molecule has 6 nitrogen and oxygen atoms in total. The molecule has 7 heteroatoms. The van der Waals surface area contributed by atoms with Gasteiger partial charge in [-0.25, -0.2) is 8.42 Å². The Morgan fingerprint density at radius 3 is 2.74 bits per heavy atom. The van der Waals surface area contributed by atoms with Crippen molar-refractivity contribution in [3.8, 4) is 0 Å². The summed E-state index contributed by atoms with van der Waals surface area (Å²) in [5.41, 5.74) is 7.77. The largest absolute Gasteiger partial charge is 0.398 e. The van der Waals surface area contributed by atoms with Crippen LogP contribution in [0.2, 0.25) is 0 Å². The second kappa shape index (κ2) is 5.02. The molecule has 0 saturated heterocycles. The van der Waals surface area contributed by atoms with Gasteiger partial charge in [-0.05, 0) is 24.6 Å². The fourth-order valence-corrected chi connectivity index (χ4v) is 3.03. The maximum absolute atomic E-state index is 12.4. The number of nitrogens with two attached hydrogens (primary N) is 1. The van der Waals surface area contributed by atoms with Gasteiger partial charge >= 0.3 is 0 Å². The highest BCUT2D eigenvalue weighted by atomic mass is 32.2. The van der Waals surface area contributed by atoms with Crippen LogP contribution in [0.25, 0.3) is 0 Å². The molecule has 0 radical (unpaired) electrons. The zero-order valence-corrected chi connectivity index (χ0v) is 11.6. The molecule has 2 aromatic rings. The number of nitrogens with one attached hydrogen (secondary N) is 1. The van der Waals surface area contributed by atoms with Gasteiger partial charge in [0.15, 0.2) is 0 Å². The summed E-state index contributed by atoms with van der Waals surface area (Å²) < 4.78 is 26.1. The fourth-order valence-electron chi connectivity index (χ4n) is 1.78. The van der Waals surface area contributed by atoms with Crippen molar-refractivity contribution in [2.75, 3.05) is 12.8 Å². The number of nitrogens with zero attached hydrogens (tertiary/aromatic N) is 2. The van der Waals surface area contributed by atoms with Crippen LogP contribution in [0.5, 0.6) is 0 Å². The van der Waals surface area contributed by atoms with Crippen molar-refractivity contribution in [1.82, 2.24) is 14.5 Å². The molecule has 0 fully saturated rings. The molecule has 0 atom stereocenters. The normalized spacial score (nSPS) is 11.9. The summed E-state index contributed by atoms with van der Waals surface area (Å²) in [6, 6.07) is 4.92. The molecule has 3 N–H and O–H groups in total. The zero-order chi connectivity index (χ0) is 14.0. The SMILES string of the molecule is Cc1ccc(S(=O)(=O)N(C)Cc2cn[nH]c2)c(N)c1. The van der Waals surface area contributed by atoms with Gasteiger partial charge in [0, 0.05) is 25.4 Å². The molecule has 0 saturated carbocycles. The second-order valence-electron chi connectivity index (χ2n) is 4.41. The topological polar surface area (TPSA) is 92.1 Å². The predicted molar refractivity (Wildman–Crippen MR) is 72.8 cm³/mol. The lowest BCUT2D eigenvalue weighted by molar-refractivity contribution is 0.467. The van der Waals surface area contributed by atoms with Crippen LogP contribution >= 0.6 is 0 Å². The summed E-state index contributed by atoms with van der Waals surface area (Å²) in [4.78, 5) is 0.129. The van der Waals surface area contributed by atoms with Crippen LogP contribution in [0, 0.1) is 6.92 Å². The van der Waals surface area contributed by atoms with Crippen molar-refractivity contribution in [3.63, 3.8) is 0 Å². The van der Waals surface area contributed by atoms with Crippen LogP contribution in [0.1, 0.15) is 11.1 Å². The average molecular weight is 280 g/mol. The first-order chi connectivity index (χ1) is 8.91. The third-order valence-electron chi connectivity index (χ3n) is 2.81. The number of aromatic amines is 1. The van der Waals surface area contributed by atoms with Gasteiger partial charge in [-0.3, -0.25) is 5.10 Å². The van der Waals surface area contributed by atoms with Gasteiger partial charge in [-0.15, -0.1) is 0 Å². The summed E-state index contributed by atoms with van der Waals surface area (Å²) in [5.74, 6) is 0. The molecule has 0 spiro atoms. The molecule has 1 aromatic carbocycles. The molecule has 0 unspecified atom stereocenters. The number of anilines is 1. The van der Waals surface area contributed by atoms with Gasteiger partial charge in [-0.2, -0.15) is 9.40 Å². The Labute approximate surface area is 112 Å². The average Bonchev–Trinajstić information content (AvgIpc) is 2.81. The number of sulfonamides is 1. The third-order valence-corrected chi connectivity index (χ3v) is 4.69. The van der Waals surface area contributed by atoms with Crippen molar-refractivity contribution in [2.24, 2.45) is 0 Å². The van der Waals surface area contributed by atoms with Gasteiger partial charge in [0.05, 0.1) is 11.9 Å². The molecular formula is C12H16N4O2S. The number of aryl methyl sites for hydroxylation is 1. The quantitative estimate of drug-likeness (QED) is 0.821. The van der Waals surface area contributed by atoms with Crippen molar-refractivity contribution >= 4 is 15.7 Å². The minimum atomic E-state index is -3.60. The standard InChI is InChI=1S/C12H16N4O2S/c1-9-3-4-12(11(13)5-9)19(17,18)16(2)8-10-6-14-15-7-10/h3-7H,8,13H2,1-2H3,(H,14,15). The minimum absolute atomic E-state index is 0.129. The van der Waals surface area contributed by atoms with Gasteiger partial charge in [0.1, 0.15) is 4.90 Å². The Morgan fingerprint density at radius 1 is 1.42 bits per heavy atom. The number of benzene rings is 1. The smallest absolute Gasteiger partial charge is 0.245 e. The molecule has 2 rings (SSSR count). The van der Waals surface area contributed by atoms with Gasteiger partial charge in [0.25, 0.3) is 0 Å². The highest BCUT2D eigenvalue weighted by molar-refractivity contribution is 7.89. The van der Waals surface area contributed by atoms with E-state index < -0.39 is 10.0 Å². The Bertz CT molecular complexity index is 665. The van der Waals surface area contributed by atoms with Crippen molar-refractivity contribution in [1.29, 1.82) is 0 Å². The van der Waals surface area contributed by atoms with E-state index in [1.54, 1.807) is 24.5 Å². The summed E-state index contributed by atoms with van der Waals surface area (Å²) in [7, 11) is -2.08. The van der Waals surface area contributed by atoms with Crippen molar-refractivity contribution < 1.29 is 8.42 Å². The maximum atomic E-state index is 12.4. The van der Waals surface area contributed by atoms with Crippen molar-refractivity contribution in [2.45, 2.75) is 18.4 Å². The Hall–Kier alpha value is -1.86.